The van der Waals surface area contributed by atoms with Crippen LogP contribution in [0, 0.1) is 5.92 Å². The molecule has 150 valence electrons. The first-order valence-corrected chi connectivity index (χ1v) is 8.50. The van der Waals surface area contributed by atoms with E-state index in [1.54, 1.807) is 13.8 Å². The summed E-state index contributed by atoms with van der Waals surface area (Å²) in [5.74, 6) is -3.88. The van der Waals surface area contributed by atoms with Crippen LogP contribution in [0.15, 0.2) is 12.5 Å². The van der Waals surface area contributed by atoms with E-state index >= 15 is 0 Å². The van der Waals surface area contributed by atoms with Crippen LogP contribution in [0.1, 0.15) is 32.4 Å². The zero-order valence-corrected chi connectivity index (χ0v) is 15.3. The van der Waals surface area contributed by atoms with Crippen molar-refractivity contribution in [3.05, 3.63) is 18.2 Å². The molecule has 0 aliphatic rings. The summed E-state index contributed by atoms with van der Waals surface area (Å²) in [6, 6.07) is -3.49. The highest BCUT2D eigenvalue weighted by molar-refractivity contribution is 5.94. The molecule has 11 heteroatoms. The molecule has 0 fully saturated rings. The number of carboxylic acid groups (broad SMARTS) is 1. The minimum Gasteiger partial charge on any atom is -0.480 e. The number of primary amides is 1. The molecule has 0 aliphatic heterocycles. The molecule has 0 radical (unpaired) electrons. The fourth-order valence-electron chi connectivity index (χ4n) is 2.35. The number of aromatic nitrogens is 2. The summed E-state index contributed by atoms with van der Waals surface area (Å²) < 4.78 is 0. The average molecular weight is 382 g/mol. The van der Waals surface area contributed by atoms with Gasteiger partial charge in [-0.3, -0.25) is 14.4 Å². The maximum Gasteiger partial charge on any atom is 0.326 e. The Kier molecular flexibility index (Phi) is 8.39. The van der Waals surface area contributed by atoms with E-state index in [0.29, 0.717) is 12.1 Å². The number of aliphatic carboxylic acids is 1. The number of hydrogen-bond acceptors (Lipinski definition) is 6. The molecular formula is C16H26N6O5. The van der Waals surface area contributed by atoms with Crippen LogP contribution in [0.4, 0.5) is 0 Å². The highest BCUT2D eigenvalue weighted by atomic mass is 16.4. The Labute approximate surface area is 156 Å². The standard InChI is InChI=1S/C16H26N6O5/c1-3-8(2)13(16(26)27)22-15(25)11(5-12(18)23)21-14(24)10(17)4-9-6-19-7-20-9/h6-8,10-11,13H,3-5,17H2,1-2H3,(H2,18,23)(H,19,20)(H,21,24)(H,22,25)(H,26,27)/t8-,10-,11-,13-/m0/s1. The van der Waals surface area contributed by atoms with E-state index in [9.17, 15) is 24.3 Å². The maximum absolute atomic E-state index is 12.4. The van der Waals surface area contributed by atoms with Gasteiger partial charge in [-0.2, -0.15) is 0 Å². The SMILES string of the molecule is CC[C@H](C)[C@H](NC(=O)[C@H](CC(N)=O)NC(=O)[C@@H](N)Cc1cnc[nH]1)C(=O)O. The van der Waals surface area contributed by atoms with E-state index in [2.05, 4.69) is 20.6 Å². The first kappa shape index (κ1) is 22.1. The summed E-state index contributed by atoms with van der Waals surface area (Å²) >= 11 is 0. The lowest BCUT2D eigenvalue weighted by molar-refractivity contribution is -0.143. The lowest BCUT2D eigenvalue weighted by Crippen LogP contribution is -2.56. The lowest BCUT2D eigenvalue weighted by Gasteiger charge is -2.24. The van der Waals surface area contributed by atoms with Crippen LogP contribution < -0.4 is 22.1 Å². The summed E-state index contributed by atoms with van der Waals surface area (Å²) in [6.45, 7) is 3.45. The van der Waals surface area contributed by atoms with Crippen molar-refractivity contribution in [2.45, 2.75) is 51.2 Å². The third kappa shape index (κ3) is 7.05. The van der Waals surface area contributed by atoms with Gasteiger partial charge in [-0.1, -0.05) is 20.3 Å². The summed E-state index contributed by atoms with van der Waals surface area (Å²) in [6.07, 6.45) is 3.11. The summed E-state index contributed by atoms with van der Waals surface area (Å²) in [5, 5.41) is 14.0. The van der Waals surface area contributed by atoms with Crippen molar-refractivity contribution in [2.24, 2.45) is 17.4 Å². The Morgan fingerprint density at radius 2 is 1.93 bits per heavy atom. The Morgan fingerprint density at radius 1 is 1.26 bits per heavy atom. The molecule has 0 saturated heterocycles. The Bertz CT molecular complexity index is 662. The Morgan fingerprint density at radius 3 is 2.41 bits per heavy atom. The van der Waals surface area contributed by atoms with E-state index in [-0.39, 0.29) is 12.3 Å². The molecule has 3 amide bonds. The van der Waals surface area contributed by atoms with Crippen LogP contribution in [-0.2, 0) is 25.6 Å². The van der Waals surface area contributed by atoms with Crippen molar-refractivity contribution >= 4 is 23.7 Å². The second-order valence-electron chi connectivity index (χ2n) is 6.33. The molecule has 4 atom stereocenters. The zero-order valence-electron chi connectivity index (χ0n) is 15.3. The number of rotatable bonds is 11. The van der Waals surface area contributed by atoms with Gasteiger partial charge in [0.15, 0.2) is 0 Å². The third-order valence-corrected chi connectivity index (χ3v) is 4.15. The van der Waals surface area contributed by atoms with E-state index in [1.807, 2.05) is 0 Å². The van der Waals surface area contributed by atoms with Crippen LogP contribution in [0.3, 0.4) is 0 Å². The number of aromatic amines is 1. The van der Waals surface area contributed by atoms with Gasteiger partial charge in [0.05, 0.1) is 18.8 Å². The molecule has 0 aromatic carbocycles. The highest BCUT2D eigenvalue weighted by Crippen LogP contribution is 2.09. The van der Waals surface area contributed by atoms with E-state index in [0.717, 1.165) is 0 Å². The number of H-pyrrole nitrogens is 1. The van der Waals surface area contributed by atoms with Gasteiger partial charge in [-0.15, -0.1) is 0 Å². The van der Waals surface area contributed by atoms with E-state index in [4.69, 9.17) is 11.5 Å². The summed E-state index contributed by atoms with van der Waals surface area (Å²) in [4.78, 5) is 53.9. The maximum atomic E-state index is 12.4. The minimum atomic E-state index is -1.33. The molecule has 1 aromatic rings. The third-order valence-electron chi connectivity index (χ3n) is 4.15. The second kappa shape index (κ2) is 10.3. The molecule has 11 nitrogen and oxygen atoms in total. The van der Waals surface area contributed by atoms with Crippen molar-refractivity contribution < 1.29 is 24.3 Å². The molecule has 0 bridgehead atoms. The van der Waals surface area contributed by atoms with Gasteiger partial charge < -0.3 is 32.2 Å². The molecule has 27 heavy (non-hydrogen) atoms. The van der Waals surface area contributed by atoms with Crippen molar-refractivity contribution in [1.82, 2.24) is 20.6 Å². The molecule has 1 heterocycles. The van der Waals surface area contributed by atoms with Crippen LogP contribution in [0.2, 0.25) is 0 Å². The number of hydrogen-bond donors (Lipinski definition) is 6. The predicted molar refractivity (Wildman–Crippen MR) is 95.0 cm³/mol. The first-order valence-electron chi connectivity index (χ1n) is 8.50. The number of carbonyl (C=O) groups excluding carboxylic acids is 3. The number of imidazole rings is 1. The monoisotopic (exact) mass is 382 g/mol. The Balaban J connectivity index is 2.80. The van der Waals surface area contributed by atoms with E-state index < -0.39 is 48.2 Å². The molecule has 8 N–H and O–H groups in total. The number of nitrogens with two attached hydrogens (primary N) is 2. The lowest BCUT2D eigenvalue weighted by atomic mass is 9.98. The molecule has 0 unspecified atom stereocenters. The molecule has 0 saturated carbocycles. The fourth-order valence-corrected chi connectivity index (χ4v) is 2.35. The van der Waals surface area contributed by atoms with Crippen LogP contribution >= 0.6 is 0 Å². The van der Waals surface area contributed by atoms with Crippen molar-refractivity contribution in [3.63, 3.8) is 0 Å². The summed E-state index contributed by atoms with van der Waals surface area (Å²) in [5.41, 5.74) is 11.6. The van der Waals surface area contributed by atoms with Crippen molar-refractivity contribution in [2.75, 3.05) is 0 Å². The molecular weight excluding hydrogens is 356 g/mol. The molecule has 0 aliphatic carbocycles. The second-order valence-corrected chi connectivity index (χ2v) is 6.33. The van der Waals surface area contributed by atoms with Crippen LogP contribution in [0.25, 0.3) is 0 Å². The largest absolute Gasteiger partial charge is 0.480 e. The number of carbonyl (C=O) groups is 4. The smallest absolute Gasteiger partial charge is 0.326 e. The molecule has 1 rings (SSSR count). The van der Waals surface area contributed by atoms with Gasteiger partial charge in [0.2, 0.25) is 17.7 Å². The first-order chi connectivity index (χ1) is 12.6. The predicted octanol–water partition coefficient (Wildman–Crippen LogP) is -1.74. The zero-order chi connectivity index (χ0) is 20.6. The Hall–Kier alpha value is -2.95. The molecule has 0 spiro atoms. The number of nitrogens with zero attached hydrogens (tertiary/aromatic N) is 1. The number of amides is 3. The van der Waals surface area contributed by atoms with Crippen molar-refractivity contribution in [3.8, 4) is 0 Å². The van der Waals surface area contributed by atoms with E-state index in [1.165, 1.54) is 12.5 Å². The van der Waals surface area contributed by atoms with Crippen LogP contribution in [-0.4, -0.2) is 56.9 Å². The topological polar surface area (TPSA) is 193 Å². The van der Waals surface area contributed by atoms with Gasteiger partial charge >= 0.3 is 5.97 Å². The van der Waals surface area contributed by atoms with Crippen LogP contribution in [0.5, 0.6) is 0 Å². The van der Waals surface area contributed by atoms with Gasteiger partial charge in [0.1, 0.15) is 12.1 Å². The normalized spacial score (nSPS) is 15.2. The quantitative estimate of drug-likeness (QED) is 0.261. The van der Waals surface area contributed by atoms with Gasteiger partial charge in [-0.05, 0) is 5.92 Å². The number of carboxylic acids is 1. The van der Waals surface area contributed by atoms with Gasteiger partial charge in [0, 0.05) is 18.3 Å². The summed E-state index contributed by atoms with van der Waals surface area (Å²) in [7, 11) is 0. The fraction of sp³-hybridized carbons (Fsp3) is 0.562. The van der Waals surface area contributed by atoms with Crippen molar-refractivity contribution in [1.29, 1.82) is 0 Å². The minimum absolute atomic E-state index is 0.140. The highest BCUT2D eigenvalue weighted by Gasteiger charge is 2.31. The van der Waals surface area contributed by atoms with Gasteiger partial charge in [0.25, 0.3) is 0 Å². The van der Waals surface area contributed by atoms with Gasteiger partial charge in [-0.25, -0.2) is 9.78 Å². The average Bonchev–Trinajstić information content (AvgIpc) is 3.10. The number of nitrogens with one attached hydrogen (secondary N) is 3. The molecule has 1 aromatic heterocycles.